The summed E-state index contributed by atoms with van der Waals surface area (Å²) >= 11 is 3.13. The number of aromatic nitrogens is 2. The molecule has 32 heavy (non-hydrogen) atoms. The smallest absolute Gasteiger partial charge is 0.240 e. The Kier molecular flexibility index (Phi) is 5.46. The van der Waals surface area contributed by atoms with E-state index >= 15 is 0 Å². The van der Waals surface area contributed by atoms with E-state index in [1.54, 1.807) is 17.4 Å². The van der Waals surface area contributed by atoms with E-state index in [1.165, 1.54) is 11.3 Å². The Morgan fingerprint density at radius 3 is 2.12 bits per heavy atom. The number of piperazine rings is 1. The van der Waals surface area contributed by atoms with Gasteiger partial charge in [0, 0.05) is 37.1 Å². The van der Waals surface area contributed by atoms with Crippen LogP contribution in [0.4, 0.5) is 11.8 Å². The van der Waals surface area contributed by atoms with Crippen molar-refractivity contribution in [2.75, 3.05) is 36.0 Å². The molecular formula is C22H16N6O2S2. The van der Waals surface area contributed by atoms with Crippen LogP contribution in [0.25, 0.3) is 22.9 Å². The van der Waals surface area contributed by atoms with E-state index in [4.69, 9.17) is 8.83 Å². The highest BCUT2D eigenvalue weighted by atomic mass is 32.1. The predicted molar refractivity (Wildman–Crippen MR) is 123 cm³/mol. The number of anilines is 2. The third-order valence-electron chi connectivity index (χ3n) is 4.97. The Labute approximate surface area is 191 Å². The molecular weight excluding hydrogens is 444 g/mol. The van der Waals surface area contributed by atoms with Crippen LogP contribution in [0.2, 0.25) is 0 Å². The van der Waals surface area contributed by atoms with Crippen LogP contribution < -0.4 is 9.80 Å². The van der Waals surface area contributed by atoms with Crippen molar-refractivity contribution in [1.82, 2.24) is 9.97 Å². The summed E-state index contributed by atoms with van der Waals surface area (Å²) in [6.07, 6.45) is 3.68. The lowest BCUT2D eigenvalue weighted by molar-refractivity contribution is 0.495. The van der Waals surface area contributed by atoms with Crippen LogP contribution in [0.15, 0.2) is 43.9 Å². The Hall–Kier alpha value is -3.86. The number of rotatable bonds is 5. The van der Waals surface area contributed by atoms with Crippen LogP contribution >= 0.6 is 22.7 Å². The van der Waals surface area contributed by atoms with Crippen molar-refractivity contribution in [3.05, 3.63) is 57.2 Å². The quantitative estimate of drug-likeness (QED) is 0.422. The number of thiophene rings is 2. The van der Waals surface area contributed by atoms with Gasteiger partial charge in [0.2, 0.25) is 34.9 Å². The molecule has 0 saturated carbocycles. The van der Waals surface area contributed by atoms with Gasteiger partial charge in [0.25, 0.3) is 0 Å². The molecule has 0 N–H and O–H groups in total. The van der Waals surface area contributed by atoms with E-state index in [-0.39, 0.29) is 11.4 Å². The number of nitriles is 2. The van der Waals surface area contributed by atoms with Crippen LogP contribution in [-0.2, 0) is 0 Å². The van der Waals surface area contributed by atoms with Gasteiger partial charge in [0.05, 0.1) is 4.88 Å². The molecule has 10 heteroatoms. The molecule has 5 rings (SSSR count). The van der Waals surface area contributed by atoms with E-state index < -0.39 is 0 Å². The number of hydrogen-bond donors (Lipinski definition) is 0. The second-order valence-corrected chi connectivity index (χ2v) is 8.83. The Morgan fingerprint density at radius 2 is 1.50 bits per heavy atom. The molecule has 0 atom stereocenters. The molecule has 1 aliphatic heterocycles. The molecule has 4 aromatic rings. The molecule has 0 amide bonds. The highest BCUT2D eigenvalue weighted by molar-refractivity contribution is 7.13. The van der Waals surface area contributed by atoms with Gasteiger partial charge in [-0.25, -0.2) is 0 Å². The second-order valence-electron chi connectivity index (χ2n) is 6.90. The Balaban J connectivity index is 1.31. The van der Waals surface area contributed by atoms with Gasteiger partial charge in [-0.15, -0.1) is 22.7 Å². The molecule has 4 aromatic heterocycles. The summed E-state index contributed by atoms with van der Waals surface area (Å²) < 4.78 is 11.8. The Bertz CT molecular complexity index is 1310. The fourth-order valence-electron chi connectivity index (χ4n) is 3.44. The van der Waals surface area contributed by atoms with Crippen molar-refractivity contribution >= 4 is 46.6 Å². The highest BCUT2D eigenvalue weighted by Gasteiger charge is 2.28. The fourth-order valence-corrected chi connectivity index (χ4v) is 4.71. The van der Waals surface area contributed by atoms with Gasteiger partial charge in [-0.05, 0) is 29.0 Å². The van der Waals surface area contributed by atoms with Crippen molar-refractivity contribution < 1.29 is 8.83 Å². The van der Waals surface area contributed by atoms with Gasteiger partial charge in [0.15, 0.2) is 0 Å². The molecule has 0 bridgehead atoms. The average Bonchev–Trinajstić information content (AvgIpc) is 3.63. The summed E-state index contributed by atoms with van der Waals surface area (Å²) in [7, 11) is 0. The van der Waals surface area contributed by atoms with Crippen LogP contribution in [0.5, 0.6) is 0 Å². The van der Waals surface area contributed by atoms with Gasteiger partial charge >= 0.3 is 0 Å². The van der Waals surface area contributed by atoms with Gasteiger partial charge in [0.1, 0.15) is 12.1 Å². The fraction of sp³-hybridized carbons (Fsp3) is 0.182. The maximum absolute atomic E-state index is 9.52. The third-order valence-corrected chi connectivity index (χ3v) is 6.66. The van der Waals surface area contributed by atoms with Crippen molar-refractivity contribution in [3.8, 4) is 22.9 Å². The summed E-state index contributed by atoms with van der Waals surface area (Å²) in [6.45, 7) is 2.38. The monoisotopic (exact) mass is 460 g/mol. The molecule has 158 valence electrons. The molecule has 1 aliphatic rings. The van der Waals surface area contributed by atoms with Crippen molar-refractivity contribution in [3.63, 3.8) is 0 Å². The molecule has 0 radical (unpaired) electrons. The summed E-state index contributed by atoms with van der Waals surface area (Å²) in [4.78, 5) is 14.6. The van der Waals surface area contributed by atoms with Gasteiger partial charge in [-0.1, -0.05) is 12.1 Å². The lowest BCUT2D eigenvalue weighted by Gasteiger charge is -2.34. The second kappa shape index (κ2) is 8.71. The minimum atomic E-state index is 0.265. The maximum Gasteiger partial charge on any atom is 0.240 e. The van der Waals surface area contributed by atoms with Crippen molar-refractivity contribution in [2.24, 2.45) is 0 Å². The van der Waals surface area contributed by atoms with Crippen LogP contribution in [0, 0.1) is 22.7 Å². The molecule has 0 aromatic carbocycles. The highest BCUT2D eigenvalue weighted by Crippen LogP contribution is 2.32. The van der Waals surface area contributed by atoms with E-state index in [0.717, 1.165) is 9.75 Å². The first-order valence-corrected chi connectivity index (χ1v) is 11.6. The van der Waals surface area contributed by atoms with E-state index in [2.05, 4.69) is 22.1 Å². The zero-order valence-corrected chi connectivity index (χ0v) is 18.4. The summed E-state index contributed by atoms with van der Waals surface area (Å²) in [5.41, 5.74) is 0.543. The van der Waals surface area contributed by atoms with Crippen molar-refractivity contribution in [2.45, 2.75) is 0 Å². The predicted octanol–water partition coefficient (Wildman–Crippen LogP) is 4.69. The van der Waals surface area contributed by atoms with Crippen LogP contribution in [0.3, 0.4) is 0 Å². The number of oxazole rings is 2. The van der Waals surface area contributed by atoms with E-state index in [1.807, 2.05) is 50.9 Å². The molecule has 8 nitrogen and oxygen atoms in total. The van der Waals surface area contributed by atoms with Crippen LogP contribution in [0.1, 0.15) is 22.2 Å². The largest absolute Gasteiger partial charge is 0.420 e. The number of nitrogens with zero attached hydrogens (tertiary/aromatic N) is 6. The maximum atomic E-state index is 9.52. The summed E-state index contributed by atoms with van der Waals surface area (Å²) in [5, 5.41) is 23.0. The first-order valence-electron chi connectivity index (χ1n) is 9.82. The zero-order valence-electron chi connectivity index (χ0n) is 16.8. The first-order chi connectivity index (χ1) is 15.7. The summed E-state index contributed by atoms with van der Waals surface area (Å²) in [6, 6.07) is 12.1. The molecule has 0 unspecified atom stereocenters. The zero-order chi connectivity index (χ0) is 21.9. The molecule has 1 fully saturated rings. The number of hydrogen-bond acceptors (Lipinski definition) is 10. The first kappa shape index (κ1) is 20.1. The lowest BCUT2D eigenvalue weighted by atomic mass is 10.3. The van der Waals surface area contributed by atoms with Gasteiger partial charge < -0.3 is 18.6 Å². The van der Waals surface area contributed by atoms with E-state index in [0.29, 0.717) is 49.7 Å². The third kappa shape index (κ3) is 3.89. The minimum Gasteiger partial charge on any atom is -0.420 e. The average molecular weight is 461 g/mol. The van der Waals surface area contributed by atoms with Crippen LogP contribution in [-0.4, -0.2) is 36.1 Å². The summed E-state index contributed by atoms with van der Waals surface area (Å²) in [5.74, 6) is 1.80. The normalized spacial score (nSPS) is 14.1. The Morgan fingerprint density at radius 1 is 0.844 bits per heavy atom. The van der Waals surface area contributed by atoms with Crippen molar-refractivity contribution in [1.29, 1.82) is 10.5 Å². The molecule has 0 aliphatic carbocycles. The standard InChI is InChI=1S/C22H16N6O2S2/c23-13-16-21(29-19(25-16)6-5-15-3-1-11-31-15)27-7-9-28(10-8-27)22-17(14-24)26-20(30-22)18-4-2-12-32-18/h1-6,11-12H,7-10H2. The lowest BCUT2D eigenvalue weighted by Crippen LogP contribution is -2.46. The molecule has 5 heterocycles. The van der Waals surface area contributed by atoms with Gasteiger partial charge in [-0.2, -0.15) is 20.5 Å². The minimum absolute atomic E-state index is 0.265. The molecule has 1 saturated heterocycles. The molecule has 0 spiro atoms. The van der Waals surface area contributed by atoms with Gasteiger partial charge in [-0.3, -0.25) is 0 Å². The van der Waals surface area contributed by atoms with E-state index in [9.17, 15) is 10.5 Å². The SMILES string of the molecule is N#Cc1nc(C=Cc2cccs2)oc1N1CCN(c2oc(-c3cccs3)nc2C#N)CC1. The topological polar surface area (TPSA) is 106 Å².